The van der Waals surface area contributed by atoms with Gasteiger partial charge >= 0.3 is 0 Å². The molecule has 0 aromatic heterocycles. The summed E-state index contributed by atoms with van der Waals surface area (Å²) in [7, 11) is 0. The number of Topliss-reactive ketones (excluding diaryl/α,β-unsaturated/α-hetero) is 1. The molecule has 0 atom stereocenters. The number of hydrogen-bond donors (Lipinski definition) is 0. The lowest BCUT2D eigenvalue weighted by molar-refractivity contribution is 0.0992. The predicted molar refractivity (Wildman–Crippen MR) is 68.5 cm³/mol. The zero-order valence-corrected chi connectivity index (χ0v) is 10.9. The Labute approximate surface area is 112 Å². The fraction of sp³-hybridized carbons (Fsp3) is 0.0714. The van der Waals surface area contributed by atoms with Crippen LogP contribution in [0.15, 0.2) is 46.9 Å². The van der Waals surface area contributed by atoms with Gasteiger partial charge in [-0.25, -0.2) is 8.78 Å². The molecule has 0 radical (unpaired) electrons. The maximum Gasteiger partial charge on any atom is 0.167 e. The summed E-state index contributed by atoms with van der Waals surface area (Å²) in [5.41, 5.74) is 0.850. The lowest BCUT2D eigenvalue weighted by Crippen LogP contribution is -2.04. The minimum atomic E-state index is -0.742. The van der Waals surface area contributed by atoms with E-state index in [1.54, 1.807) is 12.1 Å². The van der Waals surface area contributed by atoms with Gasteiger partial charge in [-0.3, -0.25) is 4.79 Å². The Kier molecular flexibility index (Phi) is 3.87. The Morgan fingerprint density at radius 1 is 1.00 bits per heavy atom. The van der Waals surface area contributed by atoms with Crippen LogP contribution in [0.3, 0.4) is 0 Å². The summed E-state index contributed by atoms with van der Waals surface area (Å²) in [5.74, 6) is -1.79. The normalized spacial score (nSPS) is 10.4. The van der Waals surface area contributed by atoms with E-state index in [1.807, 2.05) is 12.1 Å². The van der Waals surface area contributed by atoms with Crippen LogP contribution < -0.4 is 0 Å². The molecule has 4 heteroatoms. The van der Waals surface area contributed by atoms with E-state index in [1.165, 1.54) is 0 Å². The van der Waals surface area contributed by atoms with Gasteiger partial charge < -0.3 is 0 Å². The number of carbonyl (C=O) groups excluding carboxylic acids is 1. The van der Waals surface area contributed by atoms with E-state index in [2.05, 4.69) is 15.9 Å². The highest BCUT2D eigenvalue weighted by atomic mass is 79.9. The molecule has 18 heavy (non-hydrogen) atoms. The van der Waals surface area contributed by atoms with Crippen molar-refractivity contribution in [1.82, 2.24) is 0 Å². The van der Waals surface area contributed by atoms with Gasteiger partial charge in [0.1, 0.15) is 11.6 Å². The number of ketones is 1. The first kappa shape index (κ1) is 12.9. The van der Waals surface area contributed by atoms with Crippen molar-refractivity contribution in [2.75, 3.05) is 0 Å². The van der Waals surface area contributed by atoms with Gasteiger partial charge in [-0.2, -0.15) is 0 Å². The van der Waals surface area contributed by atoms with E-state index in [-0.39, 0.29) is 17.8 Å². The number of carbonyl (C=O) groups is 1. The molecule has 0 saturated heterocycles. The van der Waals surface area contributed by atoms with Gasteiger partial charge in [0.15, 0.2) is 5.78 Å². The van der Waals surface area contributed by atoms with Crippen LogP contribution in [0, 0.1) is 11.6 Å². The average molecular weight is 311 g/mol. The molecule has 2 aromatic rings. The summed E-state index contributed by atoms with van der Waals surface area (Å²) in [6.45, 7) is 0. The first-order chi connectivity index (χ1) is 8.54. The highest BCUT2D eigenvalue weighted by Crippen LogP contribution is 2.14. The number of hydrogen-bond acceptors (Lipinski definition) is 1. The van der Waals surface area contributed by atoms with E-state index < -0.39 is 11.6 Å². The third kappa shape index (κ3) is 3.23. The van der Waals surface area contributed by atoms with Gasteiger partial charge in [-0.15, -0.1) is 0 Å². The highest BCUT2D eigenvalue weighted by molar-refractivity contribution is 9.10. The van der Waals surface area contributed by atoms with E-state index in [0.29, 0.717) is 0 Å². The van der Waals surface area contributed by atoms with Crippen LogP contribution in [0.25, 0.3) is 0 Å². The molecule has 0 aliphatic carbocycles. The van der Waals surface area contributed by atoms with Crippen LogP contribution in [0.5, 0.6) is 0 Å². The topological polar surface area (TPSA) is 17.1 Å². The van der Waals surface area contributed by atoms with Crippen LogP contribution in [-0.4, -0.2) is 5.78 Å². The van der Waals surface area contributed by atoms with Gasteiger partial charge in [-0.05, 0) is 29.8 Å². The molecule has 0 fully saturated rings. The van der Waals surface area contributed by atoms with Crippen molar-refractivity contribution in [3.05, 3.63) is 69.7 Å². The summed E-state index contributed by atoms with van der Waals surface area (Å²) in [4.78, 5) is 11.9. The third-order valence-corrected chi connectivity index (χ3v) is 2.99. The second kappa shape index (κ2) is 5.40. The summed E-state index contributed by atoms with van der Waals surface area (Å²) < 4.78 is 26.9. The summed E-state index contributed by atoms with van der Waals surface area (Å²) in [6.07, 6.45) is 0.121. The van der Waals surface area contributed by atoms with E-state index in [9.17, 15) is 13.6 Å². The van der Waals surface area contributed by atoms with E-state index in [0.717, 1.165) is 28.2 Å². The van der Waals surface area contributed by atoms with Gasteiger partial charge in [0.05, 0.1) is 0 Å². The van der Waals surface area contributed by atoms with Gasteiger partial charge in [-0.1, -0.05) is 28.1 Å². The monoisotopic (exact) mass is 310 g/mol. The van der Waals surface area contributed by atoms with Crippen molar-refractivity contribution in [2.45, 2.75) is 6.42 Å². The van der Waals surface area contributed by atoms with Crippen molar-refractivity contribution in [3.8, 4) is 0 Å². The Morgan fingerprint density at radius 2 is 1.56 bits per heavy atom. The van der Waals surface area contributed by atoms with Crippen LogP contribution in [0.2, 0.25) is 0 Å². The van der Waals surface area contributed by atoms with Gasteiger partial charge in [0.25, 0.3) is 0 Å². The molecular weight excluding hydrogens is 302 g/mol. The molecule has 92 valence electrons. The Balaban J connectivity index is 2.19. The van der Waals surface area contributed by atoms with Crippen LogP contribution in [-0.2, 0) is 6.42 Å². The van der Waals surface area contributed by atoms with E-state index in [4.69, 9.17) is 0 Å². The zero-order chi connectivity index (χ0) is 13.1. The van der Waals surface area contributed by atoms with Crippen molar-refractivity contribution >= 4 is 21.7 Å². The lowest BCUT2D eigenvalue weighted by atomic mass is 10.0. The van der Waals surface area contributed by atoms with E-state index >= 15 is 0 Å². The quantitative estimate of drug-likeness (QED) is 0.778. The molecule has 0 N–H and O–H groups in total. The van der Waals surface area contributed by atoms with Crippen molar-refractivity contribution in [2.24, 2.45) is 0 Å². The van der Waals surface area contributed by atoms with Crippen molar-refractivity contribution < 1.29 is 13.6 Å². The second-order valence-corrected chi connectivity index (χ2v) is 4.80. The van der Waals surface area contributed by atoms with Gasteiger partial charge in [0, 0.05) is 22.5 Å². The molecule has 2 aromatic carbocycles. The Bertz CT molecular complexity index is 559. The number of halogens is 3. The third-order valence-electron chi connectivity index (χ3n) is 2.46. The minimum Gasteiger partial charge on any atom is -0.294 e. The number of benzene rings is 2. The molecule has 0 saturated carbocycles. The highest BCUT2D eigenvalue weighted by Gasteiger charge is 2.10. The Morgan fingerprint density at radius 3 is 2.11 bits per heavy atom. The summed E-state index contributed by atoms with van der Waals surface area (Å²) in [6, 6.07) is 10.0. The minimum absolute atomic E-state index is 0.0513. The zero-order valence-electron chi connectivity index (χ0n) is 9.29. The molecule has 0 amide bonds. The maximum atomic E-state index is 13.0. The molecule has 0 bridgehead atoms. The number of rotatable bonds is 3. The molecule has 2 rings (SSSR count). The average Bonchev–Trinajstić information content (AvgIpc) is 2.31. The first-order valence-corrected chi connectivity index (χ1v) is 6.07. The predicted octanol–water partition coefficient (Wildman–Crippen LogP) is 4.15. The largest absolute Gasteiger partial charge is 0.294 e. The lowest BCUT2D eigenvalue weighted by Gasteiger charge is -2.02. The second-order valence-electron chi connectivity index (χ2n) is 3.88. The van der Waals surface area contributed by atoms with Crippen molar-refractivity contribution in [3.63, 3.8) is 0 Å². The molecular formula is C14H9BrF2O. The molecule has 1 nitrogen and oxygen atoms in total. The summed E-state index contributed by atoms with van der Waals surface area (Å²) in [5, 5.41) is 0. The van der Waals surface area contributed by atoms with Gasteiger partial charge in [0.2, 0.25) is 0 Å². The first-order valence-electron chi connectivity index (χ1n) is 5.28. The SMILES string of the molecule is O=C(Cc1ccc(Br)cc1)c1cc(F)cc(F)c1. The van der Waals surface area contributed by atoms with Crippen LogP contribution in [0.4, 0.5) is 8.78 Å². The summed E-state index contributed by atoms with van der Waals surface area (Å²) >= 11 is 3.29. The molecule has 0 spiro atoms. The van der Waals surface area contributed by atoms with Crippen molar-refractivity contribution in [1.29, 1.82) is 0 Å². The molecule has 0 unspecified atom stereocenters. The fourth-order valence-electron chi connectivity index (χ4n) is 1.60. The molecule has 0 aliphatic rings. The molecule has 0 aliphatic heterocycles. The maximum absolute atomic E-state index is 13.0. The molecule has 0 heterocycles. The van der Waals surface area contributed by atoms with Crippen LogP contribution in [0.1, 0.15) is 15.9 Å². The fourth-order valence-corrected chi connectivity index (χ4v) is 1.87. The Hall–Kier alpha value is -1.55. The van der Waals surface area contributed by atoms with Crippen LogP contribution >= 0.6 is 15.9 Å². The smallest absolute Gasteiger partial charge is 0.167 e. The standard InChI is InChI=1S/C14H9BrF2O/c15-11-3-1-9(2-4-11)5-14(18)10-6-12(16)8-13(17)7-10/h1-4,6-8H,5H2.